The Morgan fingerprint density at radius 2 is 1.60 bits per heavy atom. The second-order valence-electron chi connectivity index (χ2n) is 0.224. The minimum absolute atomic E-state index is 0. The molecule has 0 aromatic heterocycles. The number of hydrogen-bond donors (Lipinski definition) is 0. The van der Waals surface area contributed by atoms with Crippen molar-refractivity contribution in [3.8, 4) is 6.07 Å². The minimum Gasteiger partial charge on any atom is -0.412 e. The first-order valence-electron chi connectivity index (χ1n) is 0.724. The molecule has 0 aromatic carbocycles. The highest BCUT2D eigenvalue weighted by Gasteiger charge is 1.17. The Labute approximate surface area is 29.7 Å². The third kappa shape index (κ3) is 16.7. The molecule has 0 amide bonds. The standard InChI is InChI=1S/C2H3N.FH.H2O/c1-2-3;;/h1H3;1H;1H2. The van der Waals surface area contributed by atoms with Gasteiger partial charge in [-0.3, -0.25) is 4.70 Å². The van der Waals surface area contributed by atoms with Crippen molar-refractivity contribution in [2.24, 2.45) is 0 Å². The molecule has 0 aliphatic rings. The minimum atomic E-state index is 0. The Morgan fingerprint density at radius 1 is 1.60 bits per heavy atom. The van der Waals surface area contributed by atoms with Gasteiger partial charge in [-0.25, -0.2) is 0 Å². The van der Waals surface area contributed by atoms with Gasteiger partial charge in [0.2, 0.25) is 0 Å². The molecular formula is C2H6FNO. The average molecular weight is 79.1 g/mol. The van der Waals surface area contributed by atoms with Gasteiger partial charge in [-0.05, 0) is 0 Å². The summed E-state index contributed by atoms with van der Waals surface area (Å²) in [6.07, 6.45) is 0. The molecule has 0 atom stereocenters. The van der Waals surface area contributed by atoms with E-state index in [1.54, 1.807) is 6.07 Å². The Morgan fingerprint density at radius 3 is 1.60 bits per heavy atom. The number of rotatable bonds is 0. The van der Waals surface area contributed by atoms with Crippen LogP contribution in [0.3, 0.4) is 0 Å². The van der Waals surface area contributed by atoms with Crippen molar-refractivity contribution in [3.63, 3.8) is 0 Å². The first kappa shape index (κ1) is 26.3. The zero-order valence-corrected chi connectivity index (χ0v) is 2.86. The van der Waals surface area contributed by atoms with E-state index in [0.717, 1.165) is 0 Å². The molecule has 3 heteroatoms. The Bertz CT molecular complexity index is 31.1. The molecule has 0 radical (unpaired) electrons. The second kappa shape index (κ2) is 133. The van der Waals surface area contributed by atoms with Crippen LogP contribution in [0.1, 0.15) is 6.92 Å². The highest BCUT2D eigenvalue weighted by atomic mass is 19.0. The van der Waals surface area contributed by atoms with E-state index in [-0.39, 0.29) is 10.2 Å². The molecule has 0 aliphatic heterocycles. The summed E-state index contributed by atoms with van der Waals surface area (Å²) in [5.41, 5.74) is 0. The predicted molar refractivity (Wildman–Crippen MR) is 17.4 cm³/mol. The fraction of sp³-hybridized carbons (Fsp3) is 0.500. The monoisotopic (exact) mass is 79.0 g/mol. The van der Waals surface area contributed by atoms with Gasteiger partial charge in [-0.1, -0.05) is 0 Å². The van der Waals surface area contributed by atoms with Crippen molar-refractivity contribution in [2.45, 2.75) is 6.92 Å². The Balaban J connectivity index is -0.0000000200. The topological polar surface area (TPSA) is 55.3 Å². The number of hydrogen-bond acceptors (Lipinski definition) is 1. The van der Waals surface area contributed by atoms with Crippen LogP contribution in [0.15, 0.2) is 0 Å². The molecule has 0 fully saturated rings. The van der Waals surface area contributed by atoms with E-state index in [4.69, 9.17) is 5.26 Å². The highest BCUT2D eigenvalue weighted by Crippen LogP contribution is 1.21. The summed E-state index contributed by atoms with van der Waals surface area (Å²) in [4.78, 5) is 0. The Kier molecular flexibility index (Phi) is 697. The van der Waals surface area contributed by atoms with E-state index < -0.39 is 0 Å². The SMILES string of the molecule is CC#N.F.O. The maximum atomic E-state index is 7.32. The van der Waals surface area contributed by atoms with E-state index in [9.17, 15) is 0 Å². The third-order valence-corrected chi connectivity index (χ3v) is 0. The zero-order valence-electron chi connectivity index (χ0n) is 2.86. The largest absolute Gasteiger partial charge is 0.412 e. The highest BCUT2D eigenvalue weighted by molar-refractivity contribution is 4.51. The van der Waals surface area contributed by atoms with E-state index in [0.29, 0.717) is 0 Å². The lowest BCUT2D eigenvalue weighted by atomic mass is 11.0. The van der Waals surface area contributed by atoms with Crippen LogP contribution < -0.4 is 0 Å². The normalized spacial score (nSPS) is 1.60. The average Bonchev–Trinajstić information content (AvgIpc) is 0.918. The molecule has 0 aromatic rings. The smallest absolute Gasteiger partial charge is 0.0587 e. The summed E-state index contributed by atoms with van der Waals surface area (Å²) >= 11 is 0. The van der Waals surface area contributed by atoms with Gasteiger partial charge in [0.15, 0.2) is 0 Å². The van der Waals surface area contributed by atoms with Crippen molar-refractivity contribution in [3.05, 3.63) is 0 Å². The van der Waals surface area contributed by atoms with Crippen LogP contribution in [0.2, 0.25) is 0 Å². The lowest BCUT2D eigenvalue weighted by Gasteiger charge is -1.15. The van der Waals surface area contributed by atoms with Gasteiger partial charge < -0.3 is 5.48 Å². The van der Waals surface area contributed by atoms with Gasteiger partial charge in [-0.2, -0.15) is 5.26 Å². The van der Waals surface area contributed by atoms with Crippen molar-refractivity contribution in [1.82, 2.24) is 0 Å². The van der Waals surface area contributed by atoms with E-state index in [2.05, 4.69) is 0 Å². The van der Waals surface area contributed by atoms with Crippen molar-refractivity contribution in [2.75, 3.05) is 0 Å². The lowest BCUT2D eigenvalue weighted by Crippen LogP contribution is -1.10. The van der Waals surface area contributed by atoms with Crippen molar-refractivity contribution >= 4 is 0 Å². The molecule has 0 saturated heterocycles. The van der Waals surface area contributed by atoms with Gasteiger partial charge in [-0.15, -0.1) is 0 Å². The van der Waals surface area contributed by atoms with Crippen LogP contribution in [0.4, 0.5) is 4.70 Å². The number of halogens is 1. The van der Waals surface area contributed by atoms with E-state index in [1.165, 1.54) is 6.92 Å². The summed E-state index contributed by atoms with van der Waals surface area (Å²) < 4.78 is 0. The molecule has 0 unspecified atom stereocenters. The van der Waals surface area contributed by atoms with Gasteiger partial charge in [0.1, 0.15) is 0 Å². The maximum Gasteiger partial charge on any atom is 0.0587 e. The molecular weight excluding hydrogens is 73.0 g/mol. The van der Waals surface area contributed by atoms with Gasteiger partial charge >= 0.3 is 0 Å². The van der Waals surface area contributed by atoms with Crippen LogP contribution in [-0.4, -0.2) is 5.48 Å². The van der Waals surface area contributed by atoms with E-state index in [1.807, 2.05) is 0 Å². The van der Waals surface area contributed by atoms with Crippen LogP contribution >= 0.6 is 0 Å². The maximum absolute atomic E-state index is 7.32. The molecule has 2 nitrogen and oxygen atoms in total. The molecule has 0 aliphatic carbocycles. The first-order valence-corrected chi connectivity index (χ1v) is 0.724. The van der Waals surface area contributed by atoms with E-state index >= 15 is 0 Å². The van der Waals surface area contributed by atoms with Crippen molar-refractivity contribution < 1.29 is 10.2 Å². The number of nitrogens with zero attached hydrogens (tertiary/aromatic N) is 1. The molecule has 32 valence electrons. The summed E-state index contributed by atoms with van der Waals surface area (Å²) in [6, 6.07) is 1.75. The third-order valence-electron chi connectivity index (χ3n) is 0. The molecule has 2 N–H and O–H groups in total. The quantitative estimate of drug-likeness (QED) is 0.398. The fourth-order valence-corrected chi connectivity index (χ4v) is 0. The van der Waals surface area contributed by atoms with Gasteiger partial charge in [0.25, 0.3) is 0 Å². The second-order valence-corrected chi connectivity index (χ2v) is 0.224. The predicted octanol–water partition coefficient (Wildman–Crippen LogP) is -0.142. The fourth-order valence-electron chi connectivity index (χ4n) is 0. The van der Waals surface area contributed by atoms with Crippen LogP contribution in [0, 0.1) is 11.3 Å². The number of nitriles is 1. The van der Waals surface area contributed by atoms with Gasteiger partial charge in [0.05, 0.1) is 6.07 Å². The molecule has 5 heavy (non-hydrogen) atoms. The van der Waals surface area contributed by atoms with Crippen LogP contribution in [-0.2, 0) is 0 Å². The summed E-state index contributed by atoms with van der Waals surface area (Å²) in [6.45, 7) is 1.43. The molecule has 0 heterocycles. The molecule has 0 spiro atoms. The summed E-state index contributed by atoms with van der Waals surface area (Å²) in [7, 11) is 0. The van der Waals surface area contributed by atoms with Crippen LogP contribution in [0.5, 0.6) is 0 Å². The Hall–Kier alpha value is -0.620. The van der Waals surface area contributed by atoms with Gasteiger partial charge in [0, 0.05) is 6.92 Å². The first-order chi connectivity index (χ1) is 1.41. The summed E-state index contributed by atoms with van der Waals surface area (Å²) in [5.74, 6) is 0. The zero-order chi connectivity index (χ0) is 2.71. The van der Waals surface area contributed by atoms with Crippen LogP contribution in [0.25, 0.3) is 0 Å². The molecule has 0 saturated carbocycles. The lowest BCUT2D eigenvalue weighted by molar-refractivity contribution is 0.824. The summed E-state index contributed by atoms with van der Waals surface area (Å²) in [5, 5.41) is 7.32. The molecule has 0 rings (SSSR count). The molecule has 0 bridgehead atoms. The van der Waals surface area contributed by atoms with Crippen molar-refractivity contribution in [1.29, 1.82) is 5.26 Å².